The average molecular weight is 167 g/mol. The summed E-state index contributed by atoms with van der Waals surface area (Å²) in [5, 5.41) is 7.12. The van der Waals surface area contributed by atoms with Gasteiger partial charge in [0.2, 0.25) is 0 Å². The molecule has 0 aromatic heterocycles. The second-order valence-corrected chi connectivity index (χ2v) is 2.70. The Morgan fingerprint density at radius 1 is 1.45 bits per heavy atom. The predicted molar refractivity (Wildman–Crippen MR) is 49.1 cm³/mol. The molecule has 0 heterocycles. The summed E-state index contributed by atoms with van der Waals surface area (Å²) in [6.45, 7) is 0. The van der Waals surface area contributed by atoms with Crippen molar-refractivity contribution < 1.29 is 0 Å². The van der Waals surface area contributed by atoms with Crippen molar-refractivity contribution in [3.05, 3.63) is 23.8 Å². The number of nitrogen functional groups attached to an aromatic ring is 2. The van der Waals surface area contributed by atoms with Gasteiger partial charge < -0.3 is 11.5 Å². The molecule has 58 valence electrons. The first-order valence-corrected chi connectivity index (χ1v) is 3.49. The number of amidine groups is 1. The number of benzene rings is 1. The topological polar surface area (TPSA) is 75.9 Å². The van der Waals surface area contributed by atoms with Crippen LogP contribution >= 0.6 is 12.6 Å². The zero-order valence-corrected chi connectivity index (χ0v) is 6.73. The molecule has 0 aliphatic heterocycles. The molecule has 5 N–H and O–H groups in total. The molecule has 0 fully saturated rings. The quantitative estimate of drug-likeness (QED) is 0.216. The van der Waals surface area contributed by atoms with Crippen molar-refractivity contribution in [2.24, 2.45) is 5.73 Å². The summed E-state index contributed by atoms with van der Waals surface area (Å²) < 4.78 is 0. The molecule has 0 aliphatic carbocycles. The van der Waals surface area contributed by atoms with Gasteiger partial charge in [-0.2, -0.15) is 0 Å². The summed E-state index contributed by atoms with van der Waals surface area (Å²) >= 11 is 4.08. The first kappa shape index (κ1) is 7.94. The van der Waals surface area contributed by atoms with Gasteiger partial charge in [-0.05, 0) is 18.2 Å². The summed E-state index contributed by atoms with van der Waals surface area (Å²) in [4.78, 5) is 0.771. The lowest BCUT2D eigenvalue weighted by Gasteiger charge is -2.02. The highest BCUT2D eigenvalue weighted by Crippen LogP contribution is 2.15. The normalized spacial score (nSPS) is 9.55. The molecule has 4 heteroatoms. The second kappa shape index (κ2) is 2.84. The van der Waals surface area contributed by atoms with Crippen LogP contribution in [0.2, 0.25) is 0 Å². The fraction of sp³-hybridized carbons (Fsp3) is 0. The molecule has 0 amide bonds. The van der Waals surface area contributed by atoms with Gasteiger partial charge in [-0.3, -0.25) is 5.41 Å². The number of nitrogens with one attached hydrogen (secondary N) is 1. The molecule has 0 atom stereocenters. The van der Waals surface area contributed by atoms with E-state index in [0.29, 0.717) is 11.3 Å². The van der Waals surface area contributed by atoms with Gasteiger partial charge in [-0.25, -0.2) is 0 Å². The first-order valence-electron chi connectivity index (χ1n) is 3.04. The van der Waals surface area contributed by atoms with Gasteiger partial charge >= 0.3 is 0 Å². The lowest BCUT2D eigenvalue weighted by atomic mass is 10.2. The Morgan fingerprint density at radius 2 is 2.09 bits per heavy atom. The molecular weight excluding hydrogens is 158 g/mol. The number of nitrogens with two attached hydrogens (primary N) is 2. The molecule has 0 bridgehead atoms. The maximum absolute atomic E-state index is 7.12. The van der Waals surface area contributed by atoms with Crippen LogP contribution in [0.3, 0.4) is 0 Å². The SMILES string of the molecule is N=C(N)c1ccc(S)cc1N. The van der Waals surface area contributed by atoms with Crippen molar-refractivity contribution in [1.82, 2.24) is 0 Å². The Hall–Kier alpha value is -1.16. The van der Waals surface area contributed by atoms with E-state index in [0.717, 1.165) is 4.90 Å². The summed E-state index contributed by atoms with van der Waals surface area (Å²) in [5.74, 6) is -0.0177. The van der Waals surface area contributed by atoms with Crippen molar-refractivity contribution in [2.75, 3.05) is 5.73 Å². The van der Waals surface area contributed by atoms with Crippen LogP contribution in [0.25, 0.3) is 0 Å². The van der Waals surface area contributed by atoms with Crippen molar-refractivity contribution in [1.29, 1.82) is 5.41 Å². The van der Waals surface area contributed by atoms with E-state index in [9.17, 15) is 0 Å². The van der Waals surface area contributed by atoms with Crippen LogP contribution in [0.15, 0.2) is 23.1 Å². The van der Waals surface area contributed by atoms with Gasteiger partial charge in [-0.1, -0.05) is 0 Å². The highest BCUT2D eigenvalue weighted by molar-refractivity contribution is 7.80. The molecule has 0 spiro atoms. The Labute approximate surface area is 70.3 Å². The van der Waals surface area contributed by atoms with Crippen LogP contribution in [0.1, 0.15) is 5.56 Å². The van der Waals surface area contributed by atoms with Crippen LogP contribution in [-0.2, 0) is 0 Å². The summed E-state index contributed by atoms with van der Waals surface area (Å²) in [6.07, 6.45) is 0. The largest absolute Gasteiger partial charge is 0.398 e. The number of hydrogen-bond donors (Lipinski definition) is 4. The minimum atomic E-state index is -0.0177. The van der Waals surface area contributed by atoms with Crippen LogP contribution in [0.4, 0.5) is 5.69 Å². The predicted octanol–water partition coefficient (Wildman–Crippen LogP) is 0.842. The van der Waals surface area contributed by atoms with E-state index in [2.05, 4.69) is 12.6 Å². The Bertz CT molecular complexity index is 296. The number of rotatable bonds is 1. The number of anilines is 1. The highest BCUT2D eigenvalue weighted by atomic mass is 32.1. The van der Waals surface area contributed by atoms with Gasteiger partial charge in [0.1, 0.15) is 5.84 Å². The summed E-state index contributed by atoms with van der Waals surface area (Å²) in [7, 11) is 0. The van der Waals surface area contributed by atoms with E-state index in [1.165, 1.54) is 0 Å². The van der Waals surface area contributed by atoms with Crippen LogP contribution in [0, 0.1) is 5.41 Å². The van der Waals surface area contributed by atoms with E-state index in [4.69, 9.17) is 16.9 Å². The molecule has 11 heavy (non-hydrogen) atoms. The lowest BCUT2D eigenvalue weighted by Crippen LogP contribution is -2.13. The Kier molecular flexibility index (Phi) is 2.05. The number of hydrogen-bond acceptors (Lipinski definition) is 3. The van der Waals surface area contributed by atoms with Crippen molar-refractivity contribution in [2.45, 2.75) is 4.90 Å². The van der Waals surface area contributed by atoms with Gasteiger partial charge in [0.05, 0.1) is 0 Å². The molecular formula is C7H9N3S. The zero-order valence-electron chi connectivity index (χ0n) is 5.83. The molecule has 3 nitrogen and oxygen atoms in total. The highest BCUT2D eigenvalue weighted by Gasteiger charge is 2.00. The third-order valence-electron chi connectivity index (χ3n) is 1.33. The standard InChI is InChI=1S/C7H9N3S/c8-6-3-4(11)1-2-5(6)7(9)10/h1-3,11H,8H2,(H3,9,10). The van der Waals surface area contributed by atoms with Crippen molar-refractivity contribution in [3.63, 3.8) is 0 Å². The van der Waals surface area contributed by atoms with Gasteiger partial charge in [0.15, 0.2) is 0 Å². The van der Waals surface area contributed by atoms with E-state index in [1.807, 2.05) is 0 Å². The number of thiol groups is 1. The Balaban J connectivity index is 3.20. The summed E-state index contributed by atoms with van der Waals surface area (Å²) in [5.41, 5.74) is 11.8. The van der Waals surface area contributed by atoms with Gasteiger partial charge in [-0.15, -0.1) is 12.6 Å². The van der Waals surface area contributed by atoms with E-state index in [-0.39, 0.29) is 5.84 Å². The van der Waals surface area contributed by atoms with Crippen LogP contribution < -0.4 is 11.5 Å². The zero-order chi connectivity index (χ0) is 8.43. The minimum Gasteiger partial charge on any atom is -0.398 e. The third-order valence-corrected chi connectivity index (χ3v) is 1.60. The van der Waals surface area contributed by atoms with Crippen molar-refractivity contribution >= 4 is 24.2 Å². The molecule has 1 aromatic rings. The van der Waals surface area contributed by atoms with Crippen molar-refractivity contribution in [3.8, 4) is 0 Å². The molecule has 1 aromatic carbocycles. The molecule has 0 radical (unpaired) electrons. The van der Waals surface area contributed by atoms with Crippen LogP contribution in [-0.4, -0.2) is 5.84 Å². The van der Waals surface area contributed by atoms with Crippen LogP contribution in [0.5, 0.6) is 0 Å². The molecule has 0 saturated carbocycles. The molecule has 0 saturated heterocycles. The van der Waals surface area contributed by atoms with E-state index < -0.39 is 0 Å². The van der Waals surface area contributed by atoms with Gasteiger partial charge in [0, 0.05) is 16.1 Å². The monoisotopic (exact) mass is 167 g/mol. The lowest BCUT2D eigenvalue weighted by molar-refractivity contribution is 1.39. The average Bonchev–Trinajstić information content (AvgIpc) is 1.85. The van der Waals surface area contributed by atoms with E-state index in [1.54, 1.807) is 18.2 Å². The molecule has 0 aliphatic rings. The maximum atomic E-state index is 7.12. The fourth-order valence-electron chi connectivity index (χ4n) is 0.795. The maximum Gasteiger partial charge on any atom is 0.124 e. The minimum absolute atomic E-state index is 0.0177. The van der Waals surface area contributed by atoms with Gasteiger partial charge in [0.25, 0.3) is 0 Å². The fourth-order valence-corrected chi connectivity index (χ4v) is 1.01. The molecule has 0 unspecified atom stereocenters. The third kappa shape index (κ3) is 1.65. The van der Waals surface area contributed by atoms with E-state index >= 15 is 0 Å². The first-order chi connectivity index (χ1) is 5.11. The summed E-state index contributed by atoms with van der Waals surface area (Å²) in [6, 6.07) is 5.09. The molecule has 1 rings (SSSR count). The smallest absolute Gasteiger partial charge is 0.124 e. The second-order valence-electron chi connectivity index (χ2n) is 2.19. The Morgan fingerprint density at radius 3 is 2.55 bits per heavy atom.